The molecule has 0 fully saturated rings. The smallest absolute Gasteiger partial charge is 0.159 e. The summed E-state index contributed by atoms with van der Waals surface area (Å²) in [5, 5.41) is 1.05. The van der Waals surface area contributed by atoms with E-state index in [9.17, 15) is 0 Å². The number of fused-ring (bicyclic) bond motifs is 2. The minimum atomic E-state index is -0.0596. The quantitative estimate of drug-likeness (QED) is 0.396. The van der Waals surface area contributed by atoms with Crippen LogP contribution in [0, 0.1) is 0 Å². The van der Waals surface area contributed by atoms with E-state index in [1.54, 1.807) is 6.20 Å². The van der Waals surface area contributed by atoms with Gasteiger partial charge in [-0.2, -0.15) is 0 Å². The van der Waals surface area contributed by atoms with Gasteiger partial charge in [-0.15, -0.1) is 0 Å². The van der Waals surface area contributed by atoms with E-state index < -0.39 is 0 Å². The van der Waals surface area contributed by atoms with Gasteiger partial charge in [-0.05, 0) is 30.3 Å². The third kappa shape index (κ3) is 3.51. The van der Waals surface area contributed by atoms with Crippen LogP contribution in [-0.4, -0.2) is 4.98 Å². The number of benzene rings is 1. The predicted molar refractivity (Wildman–Crippen MR) is 112 cm³/mol. The number of aromatic nitrogens is 1. The van der Waals surface area contributed by atoms with Crippen molar-refractivity contribution >= 4 is 22.1 Å². The van der Waals surface area contributed by atoms with Crippen molar-refractivity contribution in [2.45, 2.75) is 59.0 Å². The number of ether oxygens (including phenoxy) is 1. The number of rotatable bonds is 3. The number of pyridine rings is 1. The highest BCUT2D eigenvalue weighted by Gasteiger charge is 2.21. The predicted octanol–water partition coefficient (Wildman–Crippen LogP) is 6.75. The first-order chi connectivity index (χ1) is 13.1. The molecule has 0 aliphatic heterocycles. The summed E-state index contributed by atoms with van der Waals surface area (Å²) in [6.07, 6.45) is 1.80. The summed E-state index contributed by atoms with van der Waals surface area (Å²) in [5.74, 6) is 2.71. The minimum Gasteiger partial charge on any atom is -0.489 e. The molecule has 0 unspecified atom stereocenters. The first-order valence-electron chi connectivity index (χ1n) is 9.66. The summed E-state index contributed by atoms with van der Waals surface area (Å²) < 4.78 is 18.1. The first-order valence-corrected chi connectivity index (χ1v) is 9.66. The van der Waals surface area contributed by atoms with Crippen molar-refractivity contribution in [3.05, 3.63) is 59.7 Å². The molecule has 0 radical (unpaired) electrons. The van der Waals surface area contributed by atoms with E-state index in [-0.39, 0.29) is 10.8 Å². The molecular formula is C24H27NO3. The van der Waals surface area contributed by atoms with E-state index in [1.165, 1.54) is 0 Å². The van der Waals surface area contributed by atoms with Gasteiger partial charge < -0.3 is 13.6 Å². The normalized spacial score (nSPS) is 12.8. The summed E-state index contributed by atoms with van der Waals surface area (Å²) in [4.78, 5) is 4.44. The second-order valence-electron chi connectivity index (χ2n) is 9.39. The van der Waals surface area contributed by atoms with Crippen LogP contribution in [0.15, 0.2) is 51.4 Å². The van der Waals surface area contributed by atoms with Crippen molar-refractivity contribution in [3.63, 3.8) is 0 Å². The third-order valence-corrected chi connectivity index (χ3v) is 4.85. The topological polar surface area (TPSA) is 48.4 Å². The molecule has 4 nitrogen and oxygen atoms in total. The Bertz CT molecular complexity index is 1140. The molecule has 1 aromatic carbocycles. The van der Waals surface area contributed by atoms with Crippen LogP contribution in [0.4, 0.5) is 0 Å². The zero-order chi connectivity index (χ0) is 20.1. The van der Waals surface area contributed by atoms with E-state index in [2.05, 4.69) is 52.6 Å². The van der Waals surface area contributed by atoms with Crippen molar-refractivity contribution in [2.24, 2.45) is 0 Å². The molecule has 146 valence electrons. The Labute approximate surface area is 165 Å². The molecule has 0 atom stereocenters. The van der Waals surface area contributed by atoms with Crippen LogP contribution in [-0.2, 0) is 17.4 Å². The Kier molecular flexibility index (Phi) is 4.25. The van der Waals surface area contributed by atoms with Crippen LogP contribution in [0.1, 0.15) is 58.6 Å². The summed E-state index contributed by atoms with van der Waals surface area (Å²) in [6, 6.07) is 12.0. The minimum absolute atomic E-state index is 0.0211. The molecule has 4 aromatic rings. The van der Waals surface area contributed by atoms with Crippen molar-refractivity contribution < 1.29 is 13.6 Å². The van der Waals surface area contributed by atoms with Gasteiger partial charge in [0, 0.05) is 34.0 Å². The maximum absolute atomic E-state index is 6.11. The molecule has 0 spiro atoms. The van der Waals surface area contributed by atoms with Crippen LogP contribution < -0.4 is 4.74 Å². The molecule has 3 heterocycles. The molecule has 0 N–H and O–H groups in total. The fourth-order valence-corrected chi connectivity index (χ4v) is 3.12. The molecule has 0 saturated carbocycles. The van der Waals surface area contributed by atoms with E-state index in [1.807, 2.05) is 30.3 Å². The Hall–Kier alpha value is -2.75. The van der Waals surface area contributed by atoms with Crippen molar-refractivity contribution in [1.82, 2.24) is 4.98 Å². The van der Waals surface area contributed by atoms with E-state index in [0.29, 0.717) is 6.61 Å². The molecule has 4 rings (SSSR count). The number of hydrogen-bond acceptors (Lipinski definition) is 4. The lowest BCUT2D eigenvalue weighted by atomic mass is 9.93. The lowest BCUT2D eigenvalue weighted by Gasteiger charge is -2.13. The maximum Gasteiger partial charge on any atom is 0.159 e. The SMILES string of the molecule is CC(C)(C)c1cc2cc(OCc3ccnc4cc(C(C)(C)C)oc34)ccc2o1. The van der Waals surface area contributed by atoms with Crippen LogP contribution in [0.25, 0.3) is 22.1 Å². The van der Waals surface area contributed by atoms with Crippen LogP contribution in [0.3, 0.4) is 0 Å². The Morgan fingerprint density at radius 3 is 2.29 bits per heavy atom. The molecule has 0 bridgehead atoms. The fraction of sp³-hybridized carbons (Fsp3) is 0.375. The number of furan rings is 2. The lowest BCUT2D eigenvalue weighted by molar-refractivity contribution is 0.305. The zero-order valence-electron chi connectivity index (χ0n) is 17.4. The highest BCUT2D eigenvalue weighted by Crippen LogP contribution is 2.32. The molecule has 0 saturated heterocycles. The molecule has 4 heteroatoms. The standard InChI is InChI=1S/C24H27NO3/c1-23(2,3)20-12-16-11-17(7-8-19(16)27-20)26-14-15-9-10-25-18-13-21(24(4,5)6)28-22(15)18/h7-13H,14H2,1-6H3. The van der Waals surface area contributed by atoms with Gasteiger partial charge in [0.05, 0.1) is 0 Å². The maximum atomic E-state index is 6.11. The molecular weight excluding hydrogens is 350 g/mol. The van der Waals surface area contributed by atoms with Gasteiger partial charge in [-0.3, -0.25) is 4.98 Å². The average Bonchev–Trinajstić information content (AvgIpc) is 3.23. The summed E-state index contributed by atoms with van der Waals surface area (Å²) in [5.41, 5.74) is 3.45. The molecule has 3 aromatic heterocycles. The third-order valence-electron chi connectivity index (χ3n) is 4.85. The van der Waals surface area contributed by atoms with Gasteiger partial charge in [-0.25, -0.2) is 0 Å². The summed E-state index contributed by atoms with van der Waals surface area (Å²) in [7, 11) is 0. The van der Waals surface area contributed by atoms with Gasteiger partial charge in [0.2, 0.25) is 0 Å². The second-order valence-corrected chi connectivity index (χ2v) is 9.39. The highest BCUT2D eigenvalue weighted by atomic mass is 16.5. The fourth-order valence-electron chi connectivity index (χ4n) is 3.12. The Balaban J connectivity index is 1.60. The van der Waals surface area contributed by atoms with E-state index in [0.717, 1.165) is 44.9 Å². The van der Waals surface area contributed by atoms with Crippen molar-refractivity contribution in [2.75, 3.05) is 0 Å². The summed E-state index contributed by atoms with van der Waals surface area (Å²) >= 11 is 0. The molecule has 0 aliphatic rings. The van der Waals surface area contributed by atoms with Gasteiger partial charge in [-0.1, -0.05) is 41.5 Å². The largest absolute Gasteiger partial charge is 0.489 e. The lowest BCUT2D eigenvalue weighted by Crippen LogP contribution is -2.08. The monoisotopic (exact) mass is 377 g/mol. The van der Waals surface area contributed by atoms with Crippen molar-refractivity contribution in [1.29, 1.82) is 0 Å². The van der Waals surface area contributed by atoms with Crippen LogP contribution >= 0.6 is 0 Å². The summed E-state index contributed by atoms with van der Waals surface area (Å²) in [6.45, 7) is 13.3. The van der Waals surface area contributed by atoms with E-state index >= 15 is 0 Å². The molecule has 0 amide bonds. The van der Waals surface area contributed by atoms with Gasteiger partial charge in [0.25, 0.3) is 0 Å². The Morgan fingerprint density at radius 1 is 0.857 bits per heavy atom. The number of nitrogens with zero attached hydrogens (tertiary/aromatic N) is 1. The van der Waals surface area contributed by atoms with Gasteiger partial charge >= 0.3 is 0 Å². The van der Waals surface area contributed by atoms with Gasteiger partial charge in [0.1, 0.15) is 35.0 Å². The second kappa shape index (κ2) is 6.40. The first kappa shape index (κ1) is 18.6. The molecule has 28 heavy (non-hydrogen) atoms. The van der Waals surface area contributed by atoms with Crippen LogP contribution in [0.5, 0.6) is 5.75 Å². The van der Waals surface area contributed by atoms with Crippen LogP contribution in [0.2, 0.25) is 0 Å². The van der Waals surface area contributed by atoms with Gasteiger partial charge in [0.15, 0.2) is 5.58 Å². The highest BCUT2D eigenvalue weighted by molar-refractivity contribution is 5.80. The van der Waals surface area contributed by atoms with Crippen molar-refractivity contribution in [3.8, 4) is 5.75 Å². The average molecular weight is 377 g/mol. The number of hydrogen-bond donors (Lipinski definition) is 0. The zero-order valence-corrected chi connectivity index (χ0v) is 17.4. The molecule has 0 aliphatic carbocycles. The van der Waals surface area contributed by atoms with E-state index in [4.69, 9.17) is 13.6 Å². The Morgan fingerprint density at radius 2 is 1.57 bits per heavy atom.